The van der Waals surface area contributed by atoms with E-state index in [-0.39, 0.29) is 17.4 Å². The summed E-state index contributed by atoms with van der Waals surface area (Å²) < 4.78 is 0. The maximum absolute atomic E-state index is 11.3. The first kappa shape index (κ1) is 9.97. The molecule has 80 valence electrons. The third kappa shape index (κ3) is 1.78. The molecule has 1 saturated carbocycles. The van der Waals surface area contributed by atoms with Crippen LogP contribution in [-0.4, -0.2) is 18.0 Å². The van der Waals surface area contributed by atoms with E-state index in [1.54, 1.807) is 0 Å². The maximum atomic E-state index is 11.3. The van der Waals surface area contributed by atoms with Gasteiger partial charge in [0, 0.05) is 18.5 Å². The smallest absolute Gasteiger partial charge is 0.220 e. The number of nitrogens with one attached hydrogen (secondary N) is 1. The minimum Gasteiger partial charge on any atom is -0.353 e. The highest BCUT2D eigenvalue weighted by Gasteiger charge is 2.42. The number of amides is 1. The molecule has 1 aliphatic carbocycles. The quantitative estimate of drug-likeness (QED) is 0.608. The standard InChI is InChI=1S/C11H20N2O/c1-11(2)5-8(12)7-3-4-10(14)13-9(7)6-11/h7-9H,3-6,12H2,1-2H3,(H,13,14)/t7-,8-,9-/m0/s1. The lowest BCUT2D eigenvalue weighted by molar-refractivity contribution is -0.125. The highest BCUT2D eigenvalue weighted by molar-refractivity contribution is 5.77. The number of fused-ring (bicyclic) bond motifs is 1. The van der Waals surface area contributed by atoms with E-state index in [0.717, 1.165) is 19.3 Å². The van der Waals surface area contributed by atoms with E-state index in [9.17, 15) is 4.79 Å². The average molecular weight is 196 g/mol. The van der Waals surface area contributed by atoms with Crippen molar-refractivity contribution in [2.45, 2.75) is 51.6 Å². The molecule has 2 rings (SSSR count). The highest BCUT2D eigenvalue weighted by Crippen LogP contribution is 2.40. The van der Waals surface area contributed by atoms with Crippen LogP contribution in [0.1, 0.15) is 39.5 Å². The first-order valence-electron chi connectivity index (χ1n) is 5.53. The Balaban J connectivity index is 2.11. The van der Waals surface area contributed by atoms with E-state index in [2.05, 4.69) is 19.2 Å². The fourth-order valence-electron chi connectivity index (χ4n) is 3.07. The summed E-state index contributed by atoms with van der Waals surface area (Å²) in [5.41, 5.74) is 6.44. The Labute approximate surface area is 85.4 Å². The molecule has 0 unspecified atom stereocenters. The zero-order valence-corrected chi connectivity index (χ0v) is 9.05. The van der Waals surface area contributed by atoms with Gasteiger partial charge in [-0.1, -0.05) is 13.8 Å². The Morgan fingerprint density at radius 1 is 1.43 bits per heavy atom. The van der Waals surface area contributed by atoms with Crippen LogP contribution in [0.15, 0.2) is 0 Å². The summed E-state index contributed by atoms with van der Waals surface area (Å²) in [6.07, 6.45) is 3.81. The van der Waals surface area contributed by atoms with Gasteiger partial charge in [0.1, 0.15) is 0 Å². The van der Waals surface area contributed by atoms with Crippen molar-refractivity contribution in [2.75, 3.05) is 0 Å². The van der Waals surface area contributed by atoms with Crippen molar-refractivity contribution in [1.82, 2.24) is 5.32 Å². The molecule has 1 aliphatic heterocycles. The van der Waals surface area contributed by atoms with Crippen LogP contribution in [0.3, 0.4) is 0 Å². The lowest BCUT2D eigenvalue weighted by Gasteiger charge is -2.46. The molecule has 2 fully saturated rings. The van der Waals surface area contributed by atoms with Gasteiger partial charge in [0.05, 0.1) is 0 Å². The highest BCUT2D eigenvalue weighted by atomic mass is 16.1. The predicted molar refractivity (Wildman–Crippen MR) is 55.6 cm³/mol. The topological polar surface area (TPSA) is 55.1 Å². The second kappa shape index (κ2) is 3.23. The Morgan fingerprint density at radius 3 is 2.86 bits per heavy atom. The minimum absolute atomic E-state index is 0.205. The van der Waals surface area contributed by atoms with Gasteiger partial charge in [-0.3, -0.25) is 4.79 Å². The van der Waals surface area contributed by atoms with Crippen molar-refractivity contribution < 1.29 is 4.79 Å². The van der Waals surface area contributed by atoms with Crippen LogP contribution in [0, 0.1) is 11.3 Å². The van der Waals surface area contributed by atoms with Crippen LogP contribution in [0.25, 0.3) is 0 Å². The number of piperidine rings is 1. The van der Waals surface area contributed by atoms with E-state index >= 15 is 0 Å². The molecule has 1 saturated heterocycles. The Kier molecular flexibility index (Phi) is 2.30. The van der Waals surface area contributed by atoms with Crippen LogP contribution in [0.5, 0.6) is 0 Å². The van der Waals surface area contributed by atoms with Crippen LogP contribution < -0.4 is 11.1 Å². The normalized spacial score (nSPS) is 41.4. The summed E-state index contributed by atoms with van der Waals surface area (Å²) in [7, 11) is 0. The molecule has 1 amide bonds. The van der Waals surface area contributed by atoms with Gasteiger partial charge in [0.2, 0.25) is 5.91 Å². The first-order chi connectivity index (χ1) is 6.48. The fourth-order valence-corrected chi connectivity index (χ4v) is 3.07. The Bertz CT molecular complexity index is 250. The number of hydrogen-bond donors (Lipinski definition) is 2. The maximum Gasteiger partial charge on any atom is 0.220 e. The van der Waals surface area contributed by atoms with Gasteiger partial charge in [-0.05, 0) is 30.6 Å². The van der Waals surface area contributed by atoms with E-state index < -0.39 is 0 Å². The molecule has 3 nitrogen and oxygen atoms in total. The third-order valence-corrected chi connectivity index (χ3v) is 3.68. The monoisotopic (exact) mass is 196 g/mol. The van der Waals surface area contributed by atoms with Crippen LogP contribution in [0.2, 0.25) is 0 Å². The molecule has 0 bridgehead atoms. The fraction of sp³-hybridized carbons (Fsp3) is 0.909. The predicted octanol–water partition coefficient (Wildman–Crippen LogP) is 1.03. The summed E-state index contributed by atoms with van der Waals surface area (Å²) >= 11 is 0. The summed E-state index contributed by atoms with van der Waals surface area (Å²) in [5.74, 6) is 0.719. The molecule has 3 heteroatoms. The third-order valence-electron chi connectivity index (χ3n) is 3.68. The largest absolute Gasteiger partial charge is 0.353 e. The van der Waals surface area contributed by atoms with Crippen LogP contribution >= 0.6 is 0 Å². The molecule has 0 aromatic rings. The van der Waals surface area contributed by atoms with Gasteiger partial charge in [0.15, 0.2) is 0 Å². The van der Waals surface area contributed by atoms with E-state index in [4.69, 9.17) is 5.73 Å². The molecule has 0 radical (unpaired) electrons. The van der Waals surface area contributed by atoms with Crippen molar-refractivity contribution in [3.05, 3.63) is 0 Å². The number of hydrogen-bond acceptors (Lipinski definition) is 2. The zero-order chi connectivity index (χ0) is 10.3. The first-order valence-corrected chi connectivity index (χ1v) is 5.53. The van der Waals surface area contributed by atoms with Gasteiger partial charge >= 0.3 is 0 Å². The van der Waals surface area contributed by atoms with Crippen molar-refractivity contribution in [3.8, 4) is 0 Å². The summed E-state index contributed by atoms with van der Waals surface area (Å²) in [6, 6.07) is 0.597. The van der Waals surface area contributed by atoms with Gasteiger partial charge < -0.3 is 11.1 Å². The van der Waals surface area contributed by atoms with Gasteiger partial charge in [-0.25, -0.2) is 0 Å². The van der Waals surface area contributed by atoms with Crippen molar-refractivity contribution in [3.63, 3.8) is 0 Å². The molecule has 14 heavy (non-hydrogen) atoms. The second-order valence-corrected chi connectivity index (χ2v) is 5.61. The van der Waals surface area contributed by atoms with E-state index in [1.807, 2.05) is 0 Å². The number of rotatable bonds is 0. The van der Waals surface area contributed by atoms with Crippen molar-refractivity contribution in [2.24, 2.45) is 17.1 Å². The number of carbonyl (C=O) groups is 1. The Morgan fingerprint density at radius 2 is 2.14 bits per heavy atom. The van der Waals surface area contributed by atoms with Crippen molar-refractivity contribution >= 4 is 5.91 Å². The minimum atomic E-state index is 0.205. The van der Waals surface area contributed by atoms with Crippen LogP contribution in [0.4, 0.5) is 0 Å². The van der Waals surface area contributed by atoms with Gasteiger partial charge in [-0.15, -0.1) is 0 Å². The molecule has 2 aliphatic rings. The van der Waals surface area contributed by atoms with E-state index in [0.29, 0.717) is 18.4 Å². The molecular weight excluding hydrogens is 176 g/mol. The second-order valence-electron chi connectivity index (χ2n) is 5.61. The van der Waals surface area contributed by atoms with E-state index in [1.165, 1.54) is 0 Å². The number of nitrogens with two attached hydrogens (primary N) is 1. The Hall–Kier alpha value is -0.570. The molecule has 3 atom stereocenters. The average Bonchev–Trinajstić information content (AvgIpc) is 2.00. The van der Waals surface area contributed by atoms with Gasteiger partial charge in [-0.2, -0.15) is 0 Å². The molecule has 3 N–H and O–H groups in total. The SMILES string of the molecule is CC1(C)C[C@@H]2NC(=O)CC[C@H]2[C@@H](N)C1. The molecule has 0 spiro atoms. The molecule has 1 heterocycles. The summed E-state index contributed by atoms with van der Waals surface area (Å²) in [4.78, 5) is 11.3. The van der Waals surface area contributed by atoms with Gasteiger partial charge in [0.25, 0.3) is 0 Å². The van der Waals surface area contributed by atoms with Crippen molar-refractivity contribution in [1.29, 1.82) is 0 Å². The molecular formula is C11H20N2O. The molecule has 0 aromatic heterocycles. The number of carbonyl (C=O) groups excluding carboxylic acids is 1. The molecule has 0 aromatic carbocycles. The summed E-state index contributed by atoms with van der Waals surface area (Å²) in [6.45, 7) is 4.48. The summed E-state index contributed by atoms with van der Waals surface area (Å²) in [5, 5.41) is 3.09. The zero-order valence-electron chi connectivity index (χ0n) is 9.05. The van der Waals surface area contributed by atoms with Crippen LogP contribution in [-0.2, 0) is 4.79 Å². The lowest BCUT2D eigenvalue weighted by Crippen LogP contribution is -2.57. The lowest BCUT2D eigenvalue weighted by atomic mass is 9.65.